The molecule has 0 saturated carbocycles. The first-order valence-electron chi connectivity index (χ1n) is 13.5. The van der Waals surface area contributed by atoms with Crippen LogP contribution in [0.3, 0.4) is 0 Å². The van der Waals surface area contributed by atoms with Crippen LogP contribution in [0.25, 0.3) is 0 Å². The molecule has 0 spiro atoms. The fraction of sp³-hybridized carbons (Fsp3) is 0.312. The van der Waals surface area contributed by atoms with Crippen LogP contribution >= 0.6 is 0 Å². The molecule has 3 aromatic carbocycles. The van der Waals surface area contributed by atoms with Gasteiger partial charge in [-0.2, -0.15) is 0 Å². The van der Waals surface area contributed by atoms with E-state index in [-0.39, 0.29) is 0 Å². The fourth-order valence-corrected chi connectivity index (χ4v) is 5.54. The van der Waals surface area contributed by atoms with Crippen molar-refractivity contribution in [1.29, 1.82) is 0 Å². The minimum atomic E-state index is -1.16. The van der Waals surface area contributed by atoms with Crippen LogP contribution in [-0.2, 0) is 19.8 Å². The van der Waals surface area contributed by atoms with Crippen LogP contribution in [-0.4, -0.2) is 60.4 Å². The largest absolute Gasteiger partial charge is 0.497 e. The molecule has 2 heterocycles. The molecule has 0 amide bonds. The van der Waals surface area contributed by atoms with Gasteiger partial charge < -0.3 is 28.8 Å². The van der Waals surface area contributed by atoms with Crippen molar-refractivity contribution < 1.29 is 28.8 Å². The Balaban J connectivity index is 1.61. The summed E-state index contributed by atoms with van der Waals surface area (Å²) in [5.74, 6) is 1.38. The van der Waals surface area contributed by atoms with Crippen LogP contribution in [0.15, 0.2) is 101 Å². The highest BCUT2D eigenvalue weighted by molar-refractivity contribution is 5.49. The molecule has 5 atom stereocenters. The first kappa shape index (κ1) is 29.3. The second-order valence-corrected chi connectivity index (χ2v) is 10.0. The van der Waals surface area contributed by atoms with Crippen molar-refractivity contribution in [3.05, 3.63) is 129 Å². The summed E-state index contributed by atoms with van der Waals surface area (Å²) in [5, 5.41) is 11.4. The third-order valence-corrected chi connectivity index (χ3v) is 7.65. The fourth-order valence-electron chi connectivity index (χ4n) is 5.54. The lowest BCUT2D eigenvalue weighted by atomic mass is 9.79. The van der Waals surface area contributed by atoms with E-state index in [4.69, 9.17) is 23.7 Å². The molecule has 0 bridgehead atoms. The Morgan fingerprint density at radius 3 is 1.88 bits per heavy atom. The van der Waals surface area contributed by atoms with Crippen molar-refractivity contribution >= 4 is 0 Å². The SMILES string of the molecule is COc1ccc(C(O[C@@H](C)[C@H]2O[C@@H](n3ccc(=O)[nH]c3=O)[C@H](OC)[C@@H]2O)(c2ccccc2)c2ccc(OC)cc2)cc1. The molecule has 1 aliphatic heterocycles. The maximum Gasteiger partial charge on any atom is 0.330 e. The van der Waals surface area contributed by atoms with Crippen molar-refractivity contribution in [3.63, 3.8) is 0 Å². The average molecular weight is 575 g/mol. The van der Waals surface area contributed by atoms with Gasteiger partial charge in [-0.3, -0.25) is 14.3 Å². The Morgan fingerprint density at radius 2 is 1.38 bits per heavy atom. The van der Waals surface area contributed by atoms with Gasteiger partial charge in [0.2, 0.25) is 0 Å². The molecule has 1 aliphatic rings. The molecule has 0 aliphatic carbocycles. The molecular formula is C32H34N2O8. The highest BCUT2D eigenvalue weighted by atomic mass is 16.6. The second-order valence-electron chi connectivity index (χ2n) is 10.0. The zero-order valence-corrected chi connectivity index (χ0v) is 23.8. The van der Waals surface area contributed by atoms with Crippen LogP contribution in [0.5, 0.6) is 11.5 Å². The average Bonchev–Trinajstić information content (AvgIpc) is 3.36. The number of hydrogen-bond acceptors (Lipinski definition) is 8. The third-order valence-electron chi connectivity index (χ3n) is 7.65. The molecule has 4 aromatic rings. The number of aliphatic hydroxyl groups is 1. The lowest BCUT2D eigenvalue weighted by molar-refractivity contribution is -0.137. The molecule has 10 heteroatoms. The van der Waals surface area contributed by atoms with E-state index >= 15 is 0 Å². The van der Waals surface area contributed by atoms with Crippen LogP contribution in [0.2, 0.25) is 0 Å². The maximum atomic E-state index is 12.6. The van der Waals surface area contributed by atoms with Gasteiger partial charge in [0.25, 0.3) is 5.56 Å². The molecule has 1 fully saturated rings. The van der Waals surface area contributed by atoms with Crippen molar-refractivity contribution in [2.24, 2.45) is 0 Å². The summed E-state index contributed by atoms with van der Waals surface area (Å²) in [7, 11) is 4.64. The molecule has 42 heavy (non-hydrogen) atoms. The van der Waals surface area contributed by atoms with Gasteiger partial charge in [0, 0.05) is 19.4 Å². The van der Waals surface area contributed by atoms with E-state index in [0.717, 1.165) is 16.7 Å². The second kappa shape index (κ2) is 12.3. The first-order chi connectivity index (χ1) is 20.3. The molecular weight excluding hydrogens is 540 g/mol. The number of ether oxygens (including phenoxy) is 5. The Morgan fingerprint density at radius 1 is 0.833 bits per heavy atom. The predicted molar refractivity (Wildman–Crippen MR) is 155 cm³/mol. The number of hydrogen-bond donors (Lipinski definition) is 2. The zero-order valence-electron chi connectivity index (χ0n) is 23.8. The van der Waals surface area contributed by atoms with Gasteiger partial charge in [0.15, 0.2) is 6.23 Å². The monoisotopic (exact) mass is 574 g/mol. The van der Waals surface area contributed by atoms with Crippen LogP contribution in [0, 0.1) is 0 Å². The number of nitrogens with zero attached hydrogens (tertiary/aromatic N) is 1. The van der Waals surface area contributed by atoms with E-state index < -0.39 is 47.5 Å². The van der Waals surface area contributed by atoms with Gasteiger partial charge in [0.05, 0.1) is 20.3 Å². The van der Waals surface area contributed by atoms with Gasteiger partial charge in [-0.25, -0.2) is 4.79 Å². The molecule has 0 radical (unpaired) electrons. The number of rotatable bonds is 10. The number of H-pyrrole nitrogens is 1. The predicted octanol–water partition coefficient (Wildman–Crippen LogP) is 3.22. The summed E-state index contributed by atoms with van der Waals surface area (Å²) in [5.41, 5.74) is 0.107. The number of aromatic nitrogens is 2. The lowest BCUT2D eigenvalue weighted by Gasteiger charge is -2.40. The molecule has 1 aromatic heterocycles. The standard InChI is InChI=1S/C32H34N2O8/c1-20(28-27(36)29(40-4)30(41-28)34-19-18-26(35)33-31(34)37)42-32(21-8-6-5-7-9-21,22-10-14-24(38-2)15-11-22)23-12-16-25(39-3)17-13-23/h5-20,27-30,36H,1-4H3,(H,33,35,37)/t20-,27+,28+,29+,30+/m0/s1. The van der Waals surface area contributed by atoms with Crippen molar-refractivity contribution in [3.8, 4) is 11.5 Å². The maximum absolute atomic E-state index is 12.6. The zero-order chi connectivity index (χ0) is 29.9. The lowest BCUT2D eigenvalue weighted by Crippen LogP contribution is -2.45. The normalized spacial score (nSPS) is 21.2. The number of methoxy groups -OCH3 is 3. The van der Waals surface area contributed by atoms with Crippen molar-refractivity contribution in [1.82, 2.24) is 9.55 Å². The van der Waals surface area contributed by atoms with Crippen molar-refractivity contribution in [2.75, 3.05) is 21.3 Å². The van der Waals surface area contributed by atoms with Gasteiger partial charge in [-0.1, -0.05) is 54.6 Å². The van der Waals surface area contributed by atoms with E-state index in [1.54, 1.807) is 14.2 Å². The summed E-state index contributed by atoms with van der Waals surface area (Å²) in [4.78, 5) is 26.5. The molecule has 1 saturated heterocycles. The third kappa shape index (κ3) is 5.37. The summed E-state index contributed by atoms with van der Waals surface area (Å²) in [6, 6.07) is 26.2. The summed E-state index contributed by atoms with van der Waals surface area (Å²) < 4.78 is 30.9. The van der Waals surface area contributed by atoms with E-state index in [1.165, 1.54) is 23.9 Å². The number of nitrogens with one attached hydrogen (secondary N) is 1. The van der Waals surface area contributed by atoms with Crippen LogP contribution in [0.4, 0.5) is 0 Å². The van der Waals surface area contributed by atoms with E-state index in [0.29, 0.717) is 11.5 Å². The van der Waals surface area contributed by atoms with Crippen molar-refractivity contribution in [2.45, 2.75) is 43.2 Å². The van der Waals surface area contributed by atoms with Gasteiger partial charge in [-0.15, -0.1) is 0 Å². The minimum Gasteiger partial charge on any atom is -0.497 e. The number of aromatic amines is 1. The molecule has 2 N–H and O–H groups in total. The Labute approximate surface area is 243 Å². The Hall–Kier alpha value is -4.22. The van der Waals surface area contributed by atoms with Crippen LogP contribution in [0.1, 0.15) is 29.8 Å². The number of aliphatic hydroxyl groups excluding tert-OH is 1. The molecule has 10 nitrogen and oxygen atoms in total. The molecule has 0 unspecified atom stereocenters. The summed E-state index contributed by atoms with van der Waals surface area (Å²) in [6.07, 6.45) is -3.38. The molecule has 220 valence electrons. The van der Waals surface area contributed by atoms with Gasteiger partial charge in [0.1, 0.15) is 35.4 Å². The first-order valence-corrected chi connectivity index (χ1v) is 13.5. The topological polar surface area (TPSA) is 121 Å². The summed E-state index contributed by atoms with van der Waals surface area (Å²) >= 11 is 0. The Bertz CT molecular complexity index is 1540. The van der Waals surface area contributed by atoms with E-state index in [9.17, 15) is 14.7 Å². The Kier molecular flexibility index (Phi) is 8.60. The van der Waals surface area contributed by atoms with Gasteiger partial charge in [-0.05, 0) is 47.9 Å². The highest BCUT2D eigenvalue weighted by Crippen LogP contribution is 2.44. The summed E-state index contributed by atoms with van der Waals surface area (Å²) in [6.45, 7) is 1.81. The number of benzene rings is 3. The van der Waals surface area contributed by atoms with Gasteiger partial charge >= 0.3 is 5.69 Å². The smallest absolute Gasteiger partial charge is 0.330 e. The highest BCUT2D eigenvalue weighted by Gasteiger charge is 2.50. The quantitative estimate of drug-likeness (QED) is 0.277. The van der Waals surface area contributed by atoms with E-state index in [1.807, 2.05) is 85.8 Å². The molecule has 5 rings (SSSR count). The van der Waals surface area contributed by atoms with Crippen LogP contribution < -0.4 is 20.7 Å². The minimum absolute atomic E-state index is 0.538. The van der Waals surface area contributed by atoms with E-state index in [2.05, 4.69) is 4.98 Å².